The monoisotopic (exact) mass is 642 g/mol. The zero-order valence-electron chi connectivity index (χ0n) is 26.3. The largest absolute Gasteiger partial charge is 0.490 e. The number of carbonyl (C=O) groups excluding carboxylic acids is 2. The number of esters is 2. The van der Waals surface area contributed by atoms with Crippen LogP contribution >= 0.6 is 0 Å². The highest BCUT2D eigenvalue weighted by molar-refractivity contribution is 5.92. The van der Waals surface area contributed by atoms with Gasteiger partial charge in [0.2, 0.25) is 0 Å². The lowest BCUT2D eigenvalue weighted by atomic mass is 10.0. The summed E-state index contributed by atoms with van der Waals surface area (Å²) in [6.07, 6.45) is 3.72. The van der Waals surface area contributed by atoms with Crippen molar-refractivity contribution in [1.29, 1.82) is 0 Å². The lowest BCUT2D eigenvalue weighted by Gasteiger charge is -2.21. The first kappa shape index (κ1) is 36.3. The van der Waals surface area contributed by atoms with E-state index in [9.17, 15) is 27.2 Å². The van der Waals surface area contributed by atoms with Crippen LogP contribution in [0, 0.1) is 5.82 Å². The Morgan fingerprint density at radius 1 is 0.761 bits per heavy atom. The van der Waals surface area contributed by atoms with Crippen molar-refractivity contribution in [2.45, 2.75) is 89.8 Å². The average molecular weight is 643 g/mol. The smallest absolute Gasteiger partial charge is 0.425 e. The fourth-order valence-electron chi connectivity index (χ4n) is 4.89. The number of benzene rings is 3. The van der Waals surface area contributed by atoms with E-state index in [1.165, 1.54) is 25.7 Å². The minimum Gasteiger partial charge on any atom is -0.490 e. The summed E-state index contributed by atoms with van der Waals surface area (Å²) in [7, 11) is 0. The van der Waals surface area contributed by atoms with Gasteiger partial charge >= 0.3 is 18.1 Å². The summed E-state index contributed by atoms with van der Waals surface area (Å²) in [6, 6.07) is 16.8. The molecule has 0 radical (unpaired) electrons. The summed E-state index contributed by atoms with van der Waals surface area (Å²) in [6.45, 7) is 6.16. The standard InChI is InChI=1S/C37H42F4O5/c1-3-5-6-7-8-9-10-11-12-13-14-34(37(39,40)41)46-36(43)32-24-23-31(26-33(32)38)45-35(42)29-17-15-27(16-18-29)28-19-21-30(22-20-28)44-25-4-2/h4,15-24,26,34H,2-3,5-14,25H2,1H3. The number of alkyl halides is 3. The van der Waals surface area contributed by atoms with Gasteiger partial charge in [-0.25, -0.2) is 14.0 Å². The topological polar surface area (TPSA) is 61.8 Å². The summed E-state index contributed by atoms with van der Waals surface area (Å²) in [5.74, 6) is -2.88. The lowest BCUT2D eigenvalue weighted by Crippen LogP contribution is -2.34. The van der Waals surface area contributed by atoms with E-state index in [0.29, 0.717) is 18.8 Å². The van der Waals surface area contributed by atoms with Crippen LogP contribution in [0.2, 0.25) is 0 Å². The predicted octanol–water partition coefficient (Wildman–Crippen LogP) is 10.7. The molecule has 0 fully saturated rings. The molecule has 1 atom stereocenters. The van der Waals surface area contributed by atoms with E-state index in [1.54, 1.807) is 30.3 Å². The second kappa shape index (κ2) is 18.7. The Morgan fingerprint density at radius 2 is 1.30 bits per heavy atom. The number of ether oxygens (including phenoxy) is 3. The molecular weight excluding hydrogens is 600 g/mol. The second-order valence-corrected chi connectivity index (χ2v) is 11.1. The van der Waals surface area contributed by atoms with Crippen LogP contribution in [0.1, 0.15) is 98.3 Å². The minimum atomic E-state index is -4.78. The van der Waals surface area contributed by atoms with Crippen molar-refractivity contribution in [2.75, 3.05) is 6.61 Å². The maximum Gasteiger partial charge on any atom is 0.425 e. The van der Waals surface area contributed by atoms with Gasteiger partial charge in [-0.2, -0.15) is 13.2 Å². The Hall–Kier alpha value is -4.14. The Bertz CT molecular complexity index is 1380. The first-order valence-electron chi connectivity index (χ1n) is 15.9. The second-order valence-electron chi connectivity index (χ2n) is 11.1. The van der Waals surface area contributed by atoms with E-state index in [0.717, 1.165) is 55.0 Å². The van der Waals surface area contributed by atoms with Gasteiger partial charge in [0.15, 0.2) is 6.10 Å². The average Bonchev–Trinajstić information content (AvgIpc) is 3.04. The van der Waals surface area contributed by atoms with Crippen LogP contribution in [0.3, 0.4) is 0 Å². The molecule has 0 heterocycles. The van der Waals surface area contributed by atoms with Gasteiger partial charge in [-0.1, -0.05) is 102 Å². The SMILES string of the molecule is C=CCOc1ccc(-c2ccc(C(=O)Oc3ccc(C(=O)OC(CCCCCCCCCCCC)C(F)(F)F)c(F)c3)cc2)cc1. The molecule has 46 heavy (non-hydrogen) atoms. The number of hydrogen-bond donors (Lipinski definition) is 0. The first-order chi connectivity index (χ1) is 22.1. The van der Waals surface area contributed by atoms with Crippen molar-refractivity contribution in [3.8, 4) is 22.6 Å². The third-order valence-electron chi connectivity index (χ3n) is 7.48. The molecule has 3 rings (SSSR count). The van der Waals surface area contributed by atoms with Crippen molar-refractivity contribution in [3.05, 3.63) is 96.3 Å². The molecular formula is C37H42F4O5. The van der Waals surface area contributed by atoms with Gasteiger partial charge in [0.1, 0.15) is 23.9 Å². The maximum atomic E-state index is 14.8. The van der Waals surface area contributed by atoms with Crippen molar-refractivity contribution in [1.82, 2.24) is 0 Å². The Kier molecular flexibility index (Phi) is 14.8. The van der Waals surface area contributed by atoms with Gasteiger partial charge < -0.3 is 14.2 Å². The molecule has 0 bridgehead atoms. The fourth-order valence-corrected chi connectivity index (χ4v) is 4.89. The quantitative estimate of drug-likeness (QED) is 0.0428. The van der Waals surface area contributed by atoms with E-state index >= 15 is 0 Å². The van der Waals surface area contributed by atoms with E-state index < -0.39 is 42.0 Å². The molecule has 3 aromatic rings. The van der Waals surface area contributed by atoms with Crippen LogP contribution in [-0.2, 0) is 4.74 Å². The molecule has 0 saturated heterocycles. The van der Waals surface area contributed by atoms with Gasteiger partial charge in [-0.15, -0.1) is 0 Å². The van der Waals surface area contributed by atoms with E-state index in [4.69, 9.17) is 14.2 Å². The third-order valence-corrected chi connectivity index (χ3v) is 7.48. The summed E-state index contributed by atoms with van der Waals surface area (Å²) in [4.78, 5) is 25.1. The first-order valence-corrected chi connectivity index (χ1v) is 15.9. The highest BCUT2D eigenvalue weighted by Crippen LogP contribution is 2.29. The summed E-state index contributed by atoms with van der Waals surface area (Å²) in [5, 5.41) is 0. The molecule has 0 aliphatic heterocycles. The summed E-state index contributed by atoms with van der Waals surface area (Å²) >= 11 is 0. The number of carbonyl (C=O) groups is 2. The molecule has 3 aromatic carbocycles. The van der Waals surface area contributed by atoms with Crippen LogP contribution in [0.15, 0.2) is 79.4 Å². The molecule has 0 aliphatic rings. The zero-order chi connectivity index (χ0) is 33.4. The summed E-state index contributed by atoms with van der Waals surface area (Å²) in [5.41, 5.74) is 1.25. The predicted molar refractivity (Wildman–Crippen MR) is 171 cm³/mol. The number of rotatable bonds is 19. The normalized spacial score (nSPS) is 11.9. The third kappa shape index (κ3) is 12.0. The van der Waals surface area contributed by atoms with Crippen molar-refractivity contribution >= 4 is 11.9 Å². The molecule has 0 spiro atoms. The molecule has 1 unspecified atom stereocenters. The van der Waals surface area contributed by atoms with Gasteiger partial charge in [0.25, 0.3) is 0 Å². The lowest BCUT2D eigenvalue weighted by molar-refractivity contribution is -0.206. The molecule has 9 heteroatoms. The van der Waals surface area contributed by atoms with Crippen molar-refractivity contribution < 1.29 is 41.4 Å². The molecule has 5 nitrogen and oxygen atoms in total. The Morgan fingerprint density at radius 3 is 1.85 bits per heavy atom. The van der Waals surface area contributed by atoms with Gasteiger partial charge in [0.05, 0.1) is 11.1 Å². The molecule has 248 valence electrons. The number of unbranched alkanes of at least 4 members (excludes halogenated alkanes) is 9. The highest BCUT2D eigenvalue weighted by Gasteiger charge is 2.42. The van der Waals surface area contributed by atoms with E-state index in [1.807, 2.05) is 24.3 Å². The molecule has 0 N–H and O–H groups in total. The van der Waals surface area contributed by atoms with Gasteiger partial charge in [-0.3, -0.25) is 0 Å². The Balaban J connectivity index is 1.50. The van der Waals surface area contributed by atoms with E-state index in [2.05, 4.69) is 13.5 Å². The highest BCUT2D eigenvalue weighted by atomic mass is 19.4. The minimum absolute atomic E-state index is 0.193. The summed E-state index contributed by atoms with van der Waals surface area (Å²) < 4.78 is 70.9. The fraction of sp³-hybridized carbons (Fsp3) is 0.405. The molecule has 0 aromatic heterocycles. The molecule has 0 amide bonds. The van der Waals surface area contributed by atoms with Crippen LogP contribution in [0.4, 0.5) is 17.6 Å². The molecule has 0 saturated carbocycles. The Labute approximate surface area is 268 Å². The van der Waals surface area contributed by atoms with Crippen molar-refractivity contribution in [3.63, 3.8) is 0 Å². The molecule has 0 aliphatic carbocycles. The number of halogens is 4. The van der Waals surface area contributed by atoms with Gasteiger partial charge in [0, 0.05) is 6.07 Å². The van der Waals surface area contributed by atoms with Crippen molar-refractivity contribution in [2.24, 2.45) is 0 Å². The zero-order valence-corrected chi connectivity index (χ0v) is 26.3. The van der Waals surface area contributed by atoms with E-state index in [-0.39, 0.29) is 17.7 Å². The van der Waals surface area contributed by atoms with Crippen LogP contribution in [-0.4, -0.2) is 30.8 Å². The maximum absolute atomic E-state index is 14.8. The van der Waals surface area contributed by atoms with Crippen LogP contribution in [0.5, 0.6) is 11.5 Å². The van der Waals surface area contributed by atoms with Crippen LogP contribution in [0.25, 0.3) is 11.1 Å². The van der Waals surface area contributed by atoms with Crippen LogP contribution < -0.4 is 9.47 Å². The number of hydrogen-bond acceptors (Lipinski definition) is 5. The van der Waals surface area contributed by atoms with Gasteiger partial charge in [-0.05, 0) is 60.4 Å².